The maximum atomic E-state index is 13.0. The fourth-order valence-electron chi connectivity index (χ4n) is 2.01. The van der Waals surface area contributed by atoms with Gasteiger partial charge in [-0.25, -0.2) is 9.07 Å². The third-order valence-corrected chi connectivity index (χ3v) is 5.61. The smallest absolute Gasteiger partial charge is 0.233 e. The predicted molar refractivity (Wildman–Crippen MR) is 100.0 cm³/mol. The number of halogens is 1. The second kappa shape index (κ2) is 10.0. The van der Waals surface area contributed by atoms with E-state index in [1.165, 1.54) is 44.8 Å². The zero-order chi connectivity index (χ0) is 18.9. The lowest BCUT2D eigenvalue weighted by Crippen LogP contribution is -2.34. The Kier molecular flexibility index (Phi) is 7.73. The molecule has 10 heteroatoms. The predicted octanol–water partition coefficient (Wildman–Crippen LogP) is 3.55. The van der Waals surface area contributed by atoms with Crippen LogP contribution in [-0.4, -0.2) is 39.4 Å². The second-order valence-electron chi connectivity index (χ2n) is 5.01. The van der Waals surface area contributed by atoms with E-state index in [1.54, 1.807) is 12.1 Å². The molecule has 0 aliphatic rings. The Balaban J connectivity index is 2.02. The molecule has 2 rings (SSSR count). The average Bonchev–Trinajstić information content (AvgIpc) is 3.01. The molecule has 1 heterocycles. The van der Waals surface area contributed by atoms with E-state index in [-0.39, 0.29) is 30.3 Å². The molecule has 0 saturated carbocycles. The fraction of sp³-hybridized carbons (Fsp3) is 0.312. The Hall–Kier alpha value is -2.27. The van der Waals surface area contributed by atoms with Gasteiger partial charge in [0, 0.05) is 13.1 Å². The number of carbonyl (C=O) groups is 1. The molecular weight excluding hydrogens is 393 g/mol. The van der Waals surface area contributed by atoms with E-state index in [4.69, 9.17) is 22.7 Å². The van der Waals surface area contributed by atoms with Gasteiger partial charge >= 0.3 is 0 Å². The zero-order valence-corrected chi connectivity index (χ0v) is 16.0. The van der Waals surface area contributed by atoms with Gasteiger partial charge in [0.1, 0.15) is 5.82 Å². The molecule has 26 heavy (non-hydrogen) atoms. The summed E-state index contributed by atoms with van der Waals surface area (Å²) in [5, 5.41) is 21.7. The number of rotatable bonds is 8. The van der Waals surface area contributed by atoms with E-state index in [1.807, 2.05) is 12.1 Å². The number of hydrogen-bond donors (Lipinski definition) is 0. The molecule has 0 N–H and O–H groups in total. The normalized spacial score (nSPS) is 10.1. The van der Waals surface area contributed by atoms with Gasteiger partial charge in [0.05, 0.1) is 36.4 Å². The van der Waals surface area contributed by atoms with Crippen LogP contribution < -0.4 is 0 Å². The van der Waals surface area contributed by atoms with Gasteiger partial charge in [-0.3, -0.25) is 4.79 Å². The van der Waals surface area contributed by atoms with E-state index < -0.39 is 0 Å². The van der Waals surface area contributed by atoms with Crippen LogP contribution in [0.3, 0.4) is 0 Å². The fourth-order valence-corrected chi connectivity index (χ4v) is 4.27. The van der Waals surface area contributed by atoms with Gasteiger partial charge in [-0.2, -0.15) is 10.5 Å². The third-order valence-electron chi connectivity index (χ3n) is 3.26. The van der Waals surface area contributed by atoms with Crippen LogP contribution in [0.1, 0.15) is 12.8 Å². The highest BCUT2D eigenvalue weighted by Crippen LogP contribution is 2.24. The maximum absolute atomic E-state index is 13.0. The van der Waals surface area contributed by atoms with Crippen molar-refractivity contribution >= 4 is 41.2 Å². The quantitative estimate of drug-likeness (QED) is 0.491. The lowest BCUT2D eigenvalue weighted by molar-refractivity contribution is -0.128. The van der Waals surface area contributed by atoms with E-state index in [9.17, 15) is 9.18 Å². The van der Waals surface area contributed by atoms with Crippen molar-refractivity contribution in [3.8, 4) is 17.8 Å². The maximum Gasteiger partial charge on any atom is 0.233 e. The van der Waals surface area contributed by atoms with Crippen LogP contribution in [-0.2, 0) is 4.79 Å². The van der Waals surface area contributed by atoms with Crippen LogP contribution in [0.15, 0.2) is 28.6 Å². The van der Waals surface area contributed by atoms with Crippen molar-refractivity contribution in [2.45, 2.75) is 17.2 Å². The number of nitrogens with zero attached hydrogens (tertiary/aromatic N) is 5. The minimum Gasteiger partial charge on any atom is -0.340 e. The molecule has 0 aliphatic heterocycles. The van der Waals surface area contributed by atoms with Crippen molar-refractivity contribution in [1.29, 1.82) is 10.5 Å². The number of hydrogen-bond acceptors (Lipinski definition) is 7. The summed E-state index contributed by atoms with van der Waals surface area (Å²) in [5.74, 6) is -0.358. The molecule has 0 unspecified atom stereocenters. The van der Waals surface area contributed by atoms with E-state index in [2.05, 4.69) is 5.10 Å². The molecule has 2 aromatic rings. The van der Waals surface area contributed by atoms with E-state index in [0.717, 1.165) is 0 Å². The van der Waals surface area contributed by atoms with E-state index >= 15 is 0 Å². The Labute approximate surface area is 163 Å². The Morgan fingerprint density at radius 3 is 2.46 bits per heavy atom. The Morgan fingerprint density at radius 1 is 1.27 bits per heavy atom. The first-order chi connectivity index (χ1) is 12.5. The van der Waals surface area contributed by atoms with Gasteiger partial charge < -0.3 is 4.90 Å². The molecule has 6 nitrogen and oxygen atoms in total. The molecule has 0 spiro atoms. The number of amides is 1. The molecule has 1 aromatic heterocycles. The minimum absolute atomic E-state index is 0.141. The molecule has 0 atom stereocenters. The molecule has 0 radical (unpaired) electrons. The molecule has 0 fully saturated rings. The number of benzene rings is 1. The third kappa shape index (κ3) is 5.63. The summed E-state index contributed by atoms with van der Waals surface area (Å²) in [6.45, 7) is 0.606. The zero-order valence-electron chi connectivity index (χ0n) is 13.6. The molecule has 0 aliphatic carbocycles. The van der Waals surface area contributed by atoms with Crippen LogP contribution in [0.25, 0.3) is 5.69 Å². The van der Waals surface area contributed by atoms with Gasteiger partial charge in [0.2, 0.25) is 5.91 Å². The van der Waals surface area contributed by atoms with Gasteiger partial charge in [-0.15, -0.1) is 5.10 Å². The van der Waals surface area contributed by atoms with Crippen molar-refractivity contribution in [3.63, 3.8) is 0 Å². The first-order valence-corrected chi connectivity index (χ1v) is 9.76. The molecule has 0 bridgehead atoms. The van der Waals surface area contributed by atoms with Crippen LogP contribution >= 0.6 is 35.3 Å². The van der Waals surface area contributed by atoms with Crippen molar-refractivity contribution in [1.82, 2.24) is 14.7 Å². The summed E-state index contributed by atoms with van der Waals surface area (Å²) in [6, 6.07) is 9.81. The first kappa shape index (κ1) is 20.0. The topological polar surface area (TPSA) is 85.7 Å². The number of aromatic nitrogens is 2. The number of thioether (sulfide) groups is 1. The summed E-state index contributed by atoms with van der Waals surface area (Å²) in [4.78, 5) is 13.8. The molecule has 1 amide bonds. The van der Waals surface area contributed by atoms with E-state index in [0.29, 0.717) is 27.1 Å². The standard InChI is InChI=1S/C16H14FN5OS3/c17-12-3-5-13(6-4-12)22-16(24)26-15(20-22)25-11-14(23)21(9-1-7-18)10-2-8-19/h3-6H,1-2,9-11H2. The van der Waals surface area contributed by atoms with Gasteiger partial charge in [0.25, 0.3) is 0 Å². The van der Waals surface area contributed by atoms with Crippen molar-refractivity contribution < 1.29 is 9.18 Å². The second-order valence-corrected chi connectivity index (χ2v) is 7.85. The molecule has 134 valence electrons. The highest BCUT2D eigenvalue weighted by atomic mass is 32.2. The number of nitriles is 2. The summed E-state index contributed by atoms with van der Waals surface area (Å²) in [7, 11) is 0. The monoisotopic (exact) mass is 407 g/mol. The van der Waals surface area contributed by atoms with Gasteiger partial charge in [0.15, 0.2) is 8.29 Å². The van der Waals surface area contributed by atoms with Gasteiger partial charge in [-0.05, 0) is 36.5 Å². The Bertz CT molecular complexity index is 876. The largest absolute Gasteiger partial charge is 0.340 e. The van der Waals surface area contributed by atoms with Crippen LogP contribution in [0, 0.1) is 32.4 Å². The van der Waals surface area contributed by atoms with Crippen LogP contribution in [0.5, 0.6) is 0 Å². The lowest BCUT2D eigenvalue weighted by Gasteiger charge is -2.19. The number of carbonyl (C=O) groups excluding carboxylic acids is 1. The lowest BCUT2D eigenvalue weighted by atomic mass is 10.3. The SMILES string of the molecule is N#CCCN(CCC#N)C(=O)CSc1nn(-c2ccc(F)cc2)c(=S)s1. The average molecular weight is 408 g/mol. The van der Waals surface area contributed by atoms with Crippen molar-refractivity contribution in [2.75, 3.05) is 18.8 Å². The van der Waals surface area contributed by atoms with Crippen molar-refractivity contribution in [2.24, 2.45) is 0 Å². The highest BCUT2D eigenvalue weighted by Gasteiger charge is 2.15. The minimum atomic E-state index is -0.342. The molecule has 1 aromatic carbocycles. The highest BCUT2D eigenvalue weighted by molar-refractivity contribution is 8.01. The summed E-state index contributed by atoms with van der Waals surface area (Å²) < 4.78 is 15.7. The van der Waals surface area contributed by atoms with Crippen LogP contribution in [0.2, 0.25) is 0 Å². The summed E-state index contributed by atoms with van der Waals surface area (Å²) in [6.07, 6.45) is 0.444. The Morgan fingerprint density at radius 2 is 1.88 bits per heavy atom. The first-order valence-electron chi connectivity index (χ1n) is 7.55. The van der Waals surface area contributed by atoms with Crippen molar-refractivity contribution in [3.05, 3.63) is 34.0 Å². The van der Waals surface area contributed by atoms with Crippen LogP contribution in [0.4, 0.5) is 4.39 Å². The summed E-state index contributed by atoms with van der Waals surface area (Å²) >= 11 is 7.79. The molecular formula is C16H14FN5OS3. The summed E-state index contributed by atoms with van der Waals surface area (Å²) in [5.41, 5.74) is 0.649. The molecule has 0 saturated heterocycles. The van der Waals surface area contributed by atoms with Gasteiger partial charge in [-0.1, -0.05) is 23.1 Å².